The smallest absolute Gasteiger partial charge is 0.277 e. The van der Waals surface area contributed by atoms with E-state index in [1.165, 1.54) is 5.57 Å². The molecule has 2 aliphatic heterocycles. The normalized spacial score (nSPS) is 24.3. The summed E-state index contributed by atoms with van der Waals surface area (Å²) in [6.07, 6.45) is 8.48. The molecule has 0 saturated carbocycles. The number of allylic oxidation sites excluding steroid dienone is 3. The molecule has 0 aromatic heterocycles. The molecule has 1 aromatic carbocycles. The largest absolute Gasteiger partial charge is 0.454 e. The van der Waals surface area contributed by atoms with Crippen molar-refractivity contribution in [2.24, 2.45) is 10.9 Å². The molecule has 1 atom stereocenters. The van der Waals surface area contributed by atoms with Crippen LogP contribution in [-0.2, 0) is 4.79 Å². The first-order chi connectivity index (χ1) is 12.7. The summed E-state index contributed by atoms with van der Waals surface area (Å²) < 4.78 is 10.6. The first-order valence-corrected chi connectivity index (χ1v) is 8.65. The van der Waals surface area contributed by atoms with Crippen molar-refractivity contribution in [1.82, 2.24) is 5.32 Å². The van der Waals surface area contributed by atoms with Crippen molar-refractivity contribution in [3.8, 4) is 11.5 Å². The lowest BCUT2D eigenvalue weighted by atomic mass is 9.85. The molecule has 0 bridgehead atoms. The van der Waals surface area contributed by atoms with Gasteiger partial charge in [-0.2, -0.15) is 0 Å². The van der Waals surface area contributed by atoms with E-state index in [1.807, 2.05) is 12.2 Å². The van der Waals surface area contributed by atoms with Crippen LogP contribution in [0.2, 0.25) is 0 Å². The van der Waals surface area contributed by atoms with Crippen LogP contribution >= 0.6 is 0 Å². The summed E-state index contributed by atoms with van der Waals surface area (Å²) in [6, 6.07) is 5.01. The summed E-state index contributed by atoms with van der Waals surface area (Å²) in [5.41, 5.74) is 3.90. The number of nitrogens with zero attached hydrogens (tertiary/aromatic N) is 1. The molecular weight excluding hydrogens is 332 g/mol. The number of hydrogen-bond donors (Lipinski definition) is 1. The third kappa shape index (κ3) is 2.37. The van der Waals surface area contributed by atoms with Crippen molar-refractivity contribution >= 4 is 17.5 Å². The Morgan fingerprint density at radius 3 is 3.00 bits per heavy atom. The molecule has 2 heterocycles. The first-order valence-electron chi connectivity index (χ1n) is 8.65. The molecular formula is C20H16N2O4. The number of carbonyl (C=O) groups excluding carboxylic acids is 2. The van der Waals surface area contributed by atoms with Gasteiger partial charge in [0.2, 0.25) is 6.79 Å². The molecule has 1 unspecified atom stereocenters. The average Bonchev–Trinajstić information content (AvgIpc) is 3.30. The molecule has 6 heteroatoms. The zero-order valence-corrected chi connectivity index (χ0v) is 14.0. The van der Waals surface area contributed by atoms with Gasteiger partial charge in [-0.25, -0.2) is 4.99 Å². The number of fused-ring (bicyclic) bond motifs is 3. The lowest BCUT2D eigenvalue weighted by molar-refractivity contribution is -0.117. The predicted molar refractivity (Wildman–Crippen MR) is 94.1 cm³/mol. The molecule has 1 N–H and O–H groups in total. The van der Waals surface area contributed by atoms with E-state index in [0.29, 0.717) is 22.8 Å². The minimum atomic E-state index is -0.360. The first kappa shape index (κ1) is 15.1. The van der Waals surface area contributed by atoms with Crippen molar-refractivity contribution in [1.29, 1.82) is 0 Å². The van der Waals surface area contributed by atoms with Crippen molar-refractivity contribution in [3.05, 3.63) is 58.8 Å². The molecule has 4 aliphatic rings. The standard InChI is InChI=1S/C20H16N2O4/c23-19(11-4-7-17-18(8-11)26-10-25-17)21-12-5-6-14-13-2-1-3-15(13)20(24)22-16(14)9-12/h4-9,14H,1-3,10H2,(H,22,24). The van der Waals surface area contributed by atoms with E-state index >= 15 is 0 Å². The molecule has 5 rings (SSSR count). The number of amides is 2. The number of benzene rings is 1. The molecule has 0 fully saturated rings. The van der Waals surface area contributed by atoms with Crippen LogP contribution in [-0.4, -0.2) is 24.3 Å². The molecule has 6 nitrogen and oxygen atoms in total. The van der Waals surface area contributed by atoms with E-state index in [1.54, 1.807) is 24.3 Å². The zero-order chi connectivity index (χ0) is 17.7. The zero-order valence-electron chi connectivity index (χ0n) is 14.0. The van der Waals surface area contributed by atoms with Crippen molar-refractivity contribution in [2.75, 3.05) is 6.79 Å². The van der Waals surface area contributed by atoms with Crippen LogP contribution in [0.3, 0.4) is 0 Å². The lowest BCUT2D eigenvalue weighted by Gasteiger charge is -2.28. The highest BCUT2D eigenvalue weighted by Gasteiger charge is 2.34. The Morgan fingerprint density at radius 2 is 2.08 bits per heavy atom. The maximum atomic E-state index is 12.5. The highest BCUT2D eigenvalue weighted by atomic mass is 16.7. The average molecular weight is 348 g/mol. The van der Waals surface area contributed by atoms with Crippen LogP contribution in [0.4, 0.5) is 0 Å². The van der Waals surface area contributed by atoms with Crippen LogP contribution in [0.1, 0.15) is 29.6 Å². The van der Waals surface area contributed by atoms with Crippen LogP contribution in [0, 0.1) is 5.92 Å². The van der Waals surface area contributed by atoms with Gasteiger partial charge in [-0.15, -0.1) is 0 Å². The number of hydrogen-bond acceptors (Lipinski definition) is 4. The quantitative estimate of drug-likeness (QED) is 0.846. The van der Waals surface area contributed by atoms with Gasteiger partial charge in [0, 0.05) is 22.8 Å². The monoisotopic (exact) mass is 348 g/mol. The van der Waals surface area contributed by atoms with Gasteiger partial charge in [0.1, 0.15) is 0 Å². The topological polar surface area (TPSA) is 77.0 Å². The number of nitrogens with one attached hydrogen (secondary N) is 1. The maximum Gasteiger partial charge on any atom is 0.277 e. The molecule has 0 spiro atoms. The molecule has 2 amide bonds. The van der Waals surface area contributed by atoms with Crippen LogP contribution < -0.4 is 14.8 Å². The second-order valence-corrected chi connectivity index (χ2v) is 6.66. The van der Waals surface area contributed by atoms with E-state index in [4.69, 9.17) is 9.47 Å². The van der Waals surface area contributed by atoms with Gasteiger partial charge < -0.3 is 14.8 Å². The molecule has 1 aromatic rings. The highest BCUT2D eigenvalue weighted by Crippen LogP contribution is 2.39. The van der Waals surface area contributed by atoms with Gasteiger partial charge in [0.25, 0.3) is 11.8 Å². The third-order valence-electron chi connectivity index (χ3n) is 5.12. The van der Waals surface area contributed by atoms with Gasteiger partial charge in [-0.3, -0.25) is 9.59 Å². The minimum Gasteiger partial charge on any atom is -0.454 e. The summed E-state index contributed by atoms with van der Waals surface area (Å²) in [7, 11) is 0. The van der Waals surface area contributed by atoms with E-state index in [0.717, 1.165) is 30.5 Å². The molecule has 130 valence electrons. The summed E-state index contributed by atoms with van der Waals surface area (Å²) in [4.78, 5) is 28.9. The van der Waals surface area contributed by atoms with E-state index in [2.05, 4.69) is 10.3 Å². The fourth-order valence-electron chi connectivity index (χ4n) is 3.87. The van der Waals surface area contributed by atoms with Crippen LogP contribution in [0.25, 0.3) is 0 Å². The lowest BCUT2D eigenvalue weighted by Crippen LogP contribution is -2.35. The van der Waals surface area contributed by atoms with Crippen molar-refractivity contribution in [3.63, 3.8) is 0 Å². The predicted octanol–water partition coefficient (Wildman–Crippen LogP) is 2.68. The van der Waals surface area contributed by atoms with Gasteiger partial charge in [-0.1, -0.05) is 6.08 Å². The Hall–Kier alpha value is -3.15. The molecule has 0 radical (unpaired) electrons. The Balaban J connectivity index is 1.43. The summed E-state index contributed by atoms with van der Waals surface area (Å²) in [5, 5.41) is 2.95. The van der Waals surface area contributed by atoms with Gasteiger partial charge >= 0.3 is 0 Å². The molecule has 26 heavy (non-hydrogen) atoms. The number of carbonyl (C=O) groups is 2. The van der Waals surface area contributed by atoms with Crippen LogP contribution in [0.5, 0.6) is 11.5 Å². The number of rotatable bonds is 1. The molecule has 2 aliphatic carbocycles. The summed E-state index contributed by atoms with van der Waals surface area (Å²) >= 11 is 0. The minimum absolute atomic E-state index is 0.0169. The van der Waals surface area contributed by atoms with E-state index in [9.17, 15) is 9.59 Å². The SMILES string of the molecule is O=C1NC2=CC(=NC(=O)c3ccc4c(c3)OCO4)C=CC2C2=C1CCC2. The summed E-state index contributed by atoms with van der Waals surface area (Å²) in [5.74, 6) is 0.902. The Morgan fingerprint density at radius 1 is 1.19 bits per heavy atom. The third-order valence-corrected chi connectivity index (χ3v) is 5.12. The number of ether oxygens (including phenoxy) is 2. The fourth-order valence-corrected chi connectivity index (χ4v) is 3.87. The Labute approximate surface area is 149 Å². The second kappa shape index (κ2) is 5.69. The second-order valence-electron chi connectivity index (χ2n) is 6.66. The van der Waals surface area contributed by atoms with Crippen molar-refractivity contribution in [2.45, 2.75) is 19.3 Å². The number of aliphatic imine (C=N–C) groups is 1. The summed E-state index contributed by atoms with van der Waals surface area (Å²) in [6.45, 7) is 0.162. The van der Waals surface area contributed by atoms with E-state index < -0.39 is 0 Å². The Kier molecular flexibility index (Phi) is 3.31. The van der Waals surface area contributed by atoms with Crippen molar-refractivity contribution < 1.29 is 19.1 Å². The molecule has 0 saturated heterocycles. The Bertz CT molecular complexity index is 968. The fraction of sp³-hybridized carbons (Fsp3) is 0.250. The van der Waals surface area contributed by atoms with Gasteiger partial charge in [0.15, 0.2) is 11.5 Å². The van der Waals surface area contributed by atoms with Gasteiger partial charge in [0.05, 0.1) is 5.71 Å². The van der Waals surface area contributed by atoms with E-state index in [-0.39, 0.29) is 24.5 Å². The maximum absolute atomic E-state index is 12.5. The highest BCUT2D eigenvalue weighted by molar-refractivity contribution is 6.14. The van der Waals surface area contributed by atoms with Crippen LogP contribution in [0.15, 0.2) is 58.3 Å². The van der Waals surface area contributed by atoms with Gasteiger partial charge in [-0.05, 0) is 55.2 Å².